The summed E-state index contributed by atoms with van der Waals surface area (Å²) in [7, 11) is 0. The van der Waals surface area contributed by atoms with Gasteiger partial charge in [0.2, 0.25) is 5.24 Å². The molecule has 23 heteroatoms. The SMILES string of the molecule is C.C.C.C.C.C.C/C=C/C(=O)Cl.C=CCN(CC=C)c1c(C)cc(Br)cc1Cl.Cc1cc(Br)cc(Cl)c1N.Cc1nc(Cl)cc(Cl)n1.[2H]c1cc(C)c(CC(=O)/C=C/C)c(Cl)c1.[2H]c1cc(C)c(CC(=O)c2cnc(N)s2)c(Cl)c1.[2H]c1cc(C)c(N(CC=C)CC=C)c(Cl)c1.[2H]c1cc(C)c(N)c(Cl)c1. The summed E-state index contributed by atoms with van der Waals surface area (Å²) in [6, 6.07) is 23.9. The fraction of sp³-hybridized carbons (Fsp3) is 0.266. The smallest absolute Gasteiger partial charge is 0.244 e. The molecule has 2 heterocycles. The number of hydrogen-bond donors (Lipinski definition) is 3. The molecule has 560 valence electrons. The van der Waals surface area contributed by atoms with Crippen LogP contribution in [0, 0.1) is 48.5 Å². The highest BCUT2D eigenvalue weighted by atomic mass is 79.9. The van der Waals surface area contributed by atoms with Gasteiger partial charge in [0.1, 0.15) is 16.1 Å². The molecule has 0 aliphatic carbocycles. The lowest BCUT2D eigenvalue weighted by Gasteiger charge is -2.25. The van der Waals surface area contributed by atoms with Crippen molar-refractivity contribution in [2.75, 3.05) is 53.2 Å². The number of nitrogens with two attached hydrogens (primary N) is 3. The Balaban J connectivity index is -0.000000272. The molecule has 0 fully saturated rings. The van der Waals surface area contributed by atoms with Crippen molar-refractivity contribution in [1.82, 2.24) is 15.0 Å². The number of Topliss-reactive ketones (excluding diaryl/α,β-unsaturated/α-hetero) is 1. The number of halogens is 11. The topological polar surface area (TPSA) is 174 Å². The van der Waals surface area contributed by atoms with Gasteiger partial charge in [0.25, 0.3) is 0 Å². The zero-order valence-electron chi connectivity index (χ0n) is 58.5. The zero-order valence-corrected chi connectivity index (χ0v) is 65.3. The highest BCUT2D eigenvalue weighted by Crippen LogP contribution is 2.34. The molecule has 0 saturated carbocycles. The summed E-state index contributed by atoms with van der Waals surface area (Å²) in [5, 5.41) is 4.09. The Bertz CT molecular complexity index is 3840. The number of anilines is 5. The minimum absolute atomic E-state index is 0. The van der Waals surface area contributed by atoms with Crippen LogP contribution in [0.25, 0.3) is 0 Å². The molecule has 0 atom stereocenters. The normalized spacial score (nSPS) is 10.0. The highest BCUT2D eigenvalue weighted by molar-refractivity contribution is 9.10. The molecule has 0 aliphatic rings. The van der Waals surface area contributed by atoms with Gasteiger partial charge in [-0.15, -0.1) is 26.3 Å². The Hall–Kier alpha value is -5.95. The monoisotopic (exact) mass is 1720 g/mol. The maximum absolute atomic E-state index is 12.0. The van der Waals surface area contributed by atoms with E-state index in [9.17, 15) is 14.4 Å². The van der Waals surface area contributed by atoms with E-state index in [-0.39, 0.29) is 62.5 Å². The third kappa shape index (κ3) is 40.9. The predicted octanol–water partition coefficient (Wildman–Crippen LogP) is 27.3. The van der Waals surface area contributed by atoms with Gasteiger partial charge in [-0.2, -0.15) is 0 Å². The first-order valence-corrected chi connectivity index (χ1v) is 34.5. The second-order valence-corrected chi connectivity index (χ2v) is 26.5. The number of carbonyl (C=O) groups excluding carboxylic acids is 3. The van der Waals surface area contributed by atoms with Crippen molar-refractivity contribution in [1.29, 1.82) is 0 Å². The number of nitrogens with zero attached hydrogens (tertiary/aromatic N) is 5. The first kappa shape index (κ1) is 98.1. The number of hydrogen-bond acceptors (Lipinski definition) is 12. The Morgan fingerprint density at radius 2 is 0.882 bits per heavy atom. The van der Waals surface area contributed by atoms with Gasteiger partial charge in [0.05, 0.1) is 59.4 Å². The number of nitrogen functional groups attached to an aromatic ring is 3. The summed E-state index contributed by atoms with van der Waals surface area (Å²) < 4.78 is 31.7. The largest absolute Gasteiger partial charge is 0.397 e. The molecule has 6 aromatic carbocycles. The average Bonchev–Trinajstić information content (AvgIpc) is 0.919. The lowest BCUT2D eigenvalue weighted by molar-refractivity contribution is -0.114. The predicted molar refractivity (Wildman–Crippen MR) is 468 cm³/mol. The highest BCUT2D eigenvalue weighted by Gasteiger charge is 2.16. The maximum Gasteiger partial charge on any atom is 0.244 e. The summed E-state index contributed by atoms with van der Waals surface area (Å²) in [6.45, 7) is 34.7. The van der Waals surface area contributed by atoms with Crippen molar-refractivity contribution >= 4 is 192 Å². The molecule has 11 nitrogen and oxygen atoms in total. The molecule has 8 rings (SSSR count). The molecule has 0 saturated heterocycles. The molecule has 102 heavy (non-hydrogen) atoms. The van der Waals surface area contributed by atoms with Gasteiger partial charge in [-0.1, -0.05) is 265 Å². The molecule has 8 aromatic rings. The van der Waals surface area contributed by atoms with Crippen molar-refractivity contribution in [2.45, 2.75) is 120 Å². The Morgan fingerprint density at radius 3 is 1.24 bits per heavy atom. The molecule has 0 aliphatic heterocycles. The number of benzene rings is 6. The molecular weight excluding hydrogens is 1620 g/mol. The van der Waals surface area contributed by atoms with Crippen molar-refractivity contribution < 1.29 is 19.9 Å². The van der Waals surface area contributed by atoms with Gasteiger partial charge in [-0.25, -0.2) is 15.0 Å². The zero-order chi connectivity index (χ0) is 76.3. The molecule has 0 bridgehead atoms. The van der Waals surface area contributed by atoms with Gasteiger partial charge in [0.15, 0.2) is 16.7 Å². The summed E-state index contributed by atoms with van der Waals surface area (Å²) in [6.07, 6.45) is 15.5. The lowest BCUT2D eigenvalue weighted by Crippen LogP contribution is -2.24. The van der Waals surface area contributed by atoms with E-state index < -0.39 is 5.24 Å². The lowest BCUT2D eigenvalue weighted by atomic mass is 10.0. The van der Waals surface area contributed by atoms with Crippen LogP contribution in [-0.4, -0.2) is 57.9 Å². The van der Waals surface area contributed by atoms with Crippen LogP contribution in [0.4, 0.5) is 27.9 Å². The van der Waals surface area contributed by atoms with Crippen LogP contribution in [0.5, 0.6) is 0 Å². The van der Waals surface area contributed by atoms with Crippen LogP contribution in [0.2, 0.25) is 40.4 Å². The fourth-order valence-electron chi connectivity index (χ4n) is 7.86. The quantitative estimate of drug-likeness (QED) is 0.0198. The fourth-order valence-corrected chi connectivity index (χ4v) is 12.3. The summed E-state index contributed by atoms with van der Waals surface area (Å²) in [5.41, 5.74) is 27.2. The van der Waals surface area contributed by atoms with Gasteiger partial charge < -0.3 is 27.0 Å². The molecule has 6 N–H and O–H groups in total. The van der Waals surface area contributed by atoms with Crippen molar-refractivity contribution in [3.8, 4) is 0 Å². The number of rotatable bonds is 17. The van der Waals surface area contributed by atoms with Crippen molar-refractivity contribution in [3.63, 3.8) is 0 Å². The summed E-state index contributed by atoms with van der Waals surface area (Å²) in [5.74, 6) is 0.555. The number of carbonyl (C=O) groups is 3. The van der Waals surface area contributed by atoms with Crippen molar-refractivity contribution in [3.05, 3.63) is 289 Å². The molecule has 0 radical (unpaired) electrons. The number of para-hydroxylation sites is 2. The molecule has 0 amide bonds. The number of thiazole rings is 1. The van der Waals surface area contributed by atoms with E-state index in [1.165, 1.54) is 47.9 Å². The van der Waals surface area contributed by atoms with E-state index >= 15 is 0 Å². The van der Waals surface area contributed by atoms with Crippen LogP contribution >= 0.6 is 148 Å². The van der Waals surface area contributed by atoms with Crippen molar-refractivity contribution in [2.24, 2.45) is 0 Å². The first-order valence-electron chi connectivity index (χ1n) is 30.7. The first-order chi connectivity index (χ1) is 46.9. The maximum atomic E-state index is 12.0. The minimum atomic E-state index is -0.419. The number of aromatic nitrogens is 3. The summed E-state index contributed by atoms with van der Waals surface area (Å²) >= 11 is 59.7. The Morgan fingerprint density at radius 1 is 0.500 bits per heavy atom. The average molecular weight is 1730 g/mol. The third-order valence-electron chi connectivity index (χ3n) is 12.3. The molecule has 0 unspecified atom stereocenters. The van der Waals surface area contributed by atoms with E-state index in [4.69, 9.17) is 127 Å². The standard InChI is InChI=1S/C13H15BrClN.C13H16ClN.C12H11ClN2OS.C12H13ClO.C7H7BrClN.C7H8ClN.C5H4Cl2N2.C4H5ClO.6CH4/c1-4-6-16(7-5-2)13-10(3)8-11(14)9-12(13)15;1-4-9-15(10-5-2)13-11(3)7-6-8-12(13)14;1-7-3-2-4-9(13)8(7)5-10(16)11-6-15-12(14)17-11;1-3-5-10(14)8-11-9(2)6-4-7-12(11)13;1-4-2-5(8)3-6(9)7(4)10;1-5-3-2-4-6(8)7(5)9;1-3-8-4(6)2-5(7)9-3;1-2-3-4(5)6;;;;;;/h4-5,8-9H,1-2,6-7H2,3H3;4-8H,1-2,9-10H2,3H3;2-4,6H,5H2,1H3,(H2,14,15);3-7H,8H2,1-2H3;2-3H,10H2,1H3;2-4H,9H2,1H3;2H,1H3;2-3H,1H3;6*1H4/b;;;5-3+;;;;3-2+;;;;;;/i;6D;2D;4D;;2D;;;;;;;;. The van der Waals surface area contributed by atoms with Crippen LogP contribution in [0.15, 0.2) is 193 Å². The van der Waals surface area contributed by atoms with Crippen LogP contribution < -0.4 is 27.0 Å². The van der Waals surface area contributed by atoms with E-state index in [1.54, 1.807) is 75.4 Å². The number of ketones is 2. The van der Waals surface area contributed by atoms with Crippen LogP contribution in [0.1, 0.15) is 124 Å². The minimum Gasteiger partial charge on any atom is -0.397 e. The van der Waals surface area contributed by atoms with Crippen LogP contribution in [0.3, 0.4) is 0 Å². The van der Waals surface area contributed by atoms with Gasteiger partial charge in [-0.3, -0.25) is 14.4 Å². The second kappa shape index (κ2) is 58.3. The van der Waals surface area contributed by atoms with E-state index in [1.807, 2.05) is 78.0 Å². The number of allylic oxidation sites excluding steroid dienone is 4. The van der Waals surface area contributed by atoms with Crippen LogP contribution in [-0.2, 0) is 22.4 Å². The third-order valence-corrected chi connectivity index (χ3v) is 16.5. The van der Waals surface area contributed by atoms with Gasteiger partial charge >= 0.3 is 0 Å². The van der Waals surface area contributed by atoms with E-state index in [2.05, 4.69) is 89.0 Å². The molecule has 2 aromatic heterocycles. The van der Waals surface area contributed by atoms with E-state index in [0.29, 0.717) is 106 Å². The second-order valence-electron chi connectivity index (χ2n) is 20.0. The van der Waals surface area contributed by atoms with Gasteiger partial charge in [-0.05, 0) is 179 Å². The summed E-state index contributed by atoms with van der Waals surface area (Å²) in [4.78, 5) is 49.4. The molecule has 0 spiro atoms. The van der Waals surface area contributed by atoms with E-state index in [0.717, 1.165) is 82.9 Å². The number of aryl methyl sites for hydroxylation is 7. The van der Waals surface area contributed by atoms with Gasteiger partial charge in [0, 0.05) is 64.1 Å². The Kier molecular flexibility index (Phi) is 56.1. The molecular formula is C79H103Br2Cl9N8O3S. The Labute approximate surface area is 682 Å².